The topological polar surface area (TPSA) is 51.2 Å². The molecule has 0 fully saturated rings. The Bertz CT molecular complexity index is 555. The van der Waals surface area contributed by atoms with E-state index >= 15 is 0 Å². The third-order valence-electron chi connectivity index (χ3n) is 2.33. The van der Waals surface area contributed by atoms with Crippen LogP contribution in [0.15, 0.2) is 42.6 Å². The summed E-state index contributed by atoms with van der Waals surface area (Å²) in [5.41, 5.74) is 0.470. The molecule has 0 aliphatic carbocycles. The van der Waals surface area contributed by atoms with Crippen LogP contribution in [0.4, 0.5) is 10.1 Å². The molecular weight excluding hydrogens is 235 g/mol. The lowest BCUT2D eigenvalue weighted by Crippen LogP contribution is -2.13. The molecule has 0 aliphatic rings. The van der Waals surface area contributed by atoms with E-state index in [1.54, 1.807) is 24.3 Å². The average molecular weight is 246 g/mol. The van der Waals surface area contributed by atoms with Gasteiger partial charge in [-0.1, -0.05) is 12.1 Å². The number of anilines is 1. The summed E-state index contributed by atoms with van der Waals surface area (Å²) >= 11 is 0. The minimum Gasteiger partial charge on any atom is -0.481 e. The summed E-state index contributed by atoms with van der Waals surface area (Å²) in [5, 5.41) is 2.47. The number of hydrogen-bond acceptors (Lipinski definition) is 3. The Kier molecular flexibility index (Phi) is 3.52. The maximum Gasteiger partial charge on any atom is 0.257 e. The second-order valence-electron chi connectivity index (χ2n) is 3.52. The van der Waals surface area contributed by atoms with E-state index in [4.69, 9.17) is 4.74 Å². The van der Waals surface area contributed by atoms with Crippen LogP contribution in [-0.2, 0) is 0 Å². The highest BCUT2D eigenvalue weighted by Crippen LogP contribution is 2.14. The average Bonchev–Trinajstić information content (AvgIpc) is 2.41. The number of ether oxygens (including phenoxy) is 1. The number of carbonyl (C=O) groups excluding carboxylic acids is 1. The Labute approximate surface area is 103 Å². The van der Waals surface area contributed by atoms with Crippen molar-refractivity contribution >= 4 is 11.6 Å². The Morgan fingerprint density at radius 1 is 1.28 bits per heavy atom. The maximum absolute atomic E-state index is 13.3. The Hall–Kier alpha value is -2.43. The second-order valence-corrected chi connectivity index (χ2v) is 3.52. The van der Waals surface area contributed by atoms with E-state index in [1.807, 2.05) is 0 Å². The van der Waals surface area contributed by atoms with Gasteiger partial charge >= 0.3 is 0 Å². The molecule has 0 unspecified atom stereocenters. The van der Waals surface area contributed by atoms with Crippen molar-refractivity contribution in [1.82, 2.24) is 4.98 Å². The van der Waals surface area contributed by atoms with Gasteiger partial charge in [-0.05, 0) is 18.2 Å². The van der Waals surface area contributed by atoms with Crippen molar-refractivity contribution in [2.75, 3.05) is 12.4 Å². The van der Waals surface area contributed by atoms with Gasteiger partial charge < -0.3 is 10.1 Å². The fraction of sp³-hybridized carbons (Fsp3) is 0.0769. The lowest BCUT2D eigenvalue weighted by atomic mass is 10.2. The number of hydrogen-bond donors (Lipinski definition) is 1. The van der Waals surface area contributed by atoms with Gasteiger partial charge in [0.25, 0.3) is 5.91 Å². The van der Waals surface area contributed by atoms with E-state index in [-0.39, 0.29) is 5.69 Å². The third kappa shape index (κ3) is 2.63. The van der Waals surface area contributed by atoms with Gasteiger partial charge in [-0.3, -0.25) is 4.79 Å². The summed E-state index contributed by atoms with van der Waals surface area (Å²) in [7, 11) is 1.49. The quantitative estimate of drug-likeness (QED) is 0.905. The smallest absolute Gasteiger partial charge is 0.257 e. The summed E-state index contributed by atoms with van der Waals surface area (Å²) in [6.07, 6.45) is 1.37. The second kappa shape index (κ2) is 5.27. The lowest BCUT2D eigenvalue weighted by molar-refractivity contribution is 0.102. The molecule has 4 nitrogen and oxygen atoms in total. The van der Waals surface area contributed by atoms with Crippen molar-refractivity contribution in [2.24, 2.45) is 0 Å². The first-order valence-electron chi connectivity index (χ1n) is 5.26. The number of halogens is 1. The molecular formula is C13H11FN2O2. The highest BCUT2D eigenvalue weighted by molar-refractivity contribution is 6.04. The zero-order valence-electron chi connectivity index (χ0n) is 9.68. The largest absolute Gasteiger partial charge is 0.481 e. The summed E-state index contributed by atoms with van der Waals surface area (Å²) in [6.45, 7) is 0. The summed E-state index contributed by atoms with van der Waals surface area (Å²) in [5.74, 6) is -0.486. The van der Waals surface area contributed by atoms with Gasteiger partial charge in [-0.2, -0.15) is 0 Å². The molecule has 0 radical (unpaired) electrons. The number of amides is 1. The Balaban J connectivity index is 2.14. The fourth-order valence-electron chi connectivity index (χ4n) is 1.39. The predicted molar refractivity (Wildman–Crippen MR) is 65.1 cm³/mol. The van der Waals surface area contributed by atoms with Gasteiger partial charge in [0.1, 0.15) is 5.82 Å². The molecule has 1 N–H and O–H groups in total. The molecule has 92 valence electrons. The lowest BCUT2D eigenvalue weighted by Gasteiger charge is -2.06. The monoisotopic (exact) mass is 246 g/mol. The molecule has 1 heterocycles. The van der Waals surface area contributed by atoms with Crippen LogP contribution in [0.2, 0.25) is 0 Å². The first kappa shape index (κ1) is 12.0. The number of pyridine rings is 1. The fourth-order valence-corrected chi connectivity index (χ4v) is 1.39. The molecule has 18 heavy (non-hydrogen) atoms. The number of nitrogens with one attached hydrogen (secondary N) is 1. The number of methoxy groups -OCH3 is 1. The van der Waals surface area contributed by atoms with Crippen LogP contribution >= 0.6 is 0 Å². The van der Waals surface area contributed by atoms with Crippen molar-refractivity contribution in [3.05, 3.63) is 54.0 Å². The molecule has 1 aromatic carbocycles. The van der Waals surface area contributed by atoms with Crippen LogP contribution in [0.1, 0.15) is 10.4 Å². The standard InChI is InChI=1S/C13H11FN2O2/c1-18-12-7-6-9(8-15-12)13(17)16-11-5-3-2-4-10(11)14/h2-8H,1H3,(H,16,17). The molecule has 0 bridgehead atoms. The van der Waals surface area contributed by atoms with Crippen LogP contribution in [0, 0.1) is 5.82 Å². The molecule has 0 saturated heterocycles. The van der Waals surface area contributed by atoms with Crippen molar-refractivity contribution in [3.8, 4) is 5.88 Å². The summed E-state index contributed by atoms with van der Waals surface area (Å²) in [6, 6.07) is 9.09. The highest BCUT2D eigenvalue weighted by Gasteiger charge is 2.09. The molecule has 2 aromatic rings. The highest BCUT2D eigenvalue weighted by atomic mass is 19.1. The zero-order chi connectivity index (χ0) is 13.0. The number of rotatable bonds is 3. The number of nitrogens with zero attached hydrogens (tertiary/aromatic N) is 1. The van der Waals surface area contributed by atoms with Gasteiger partial charge in [0.15, 0.2) is 0 Å². The first-order chi connectivity index (χ1) is 8.70. The molecule has 0 atom stereocenters. The SMILES string of the molecule is COc1ccc(C(=O)Nc2ccccc2F)cn1. The first-order valence-corrected chi connectivity index (χ1v) is 5.26. The Morgan fingerprint density at radius 3 is 2.67 bits per heavy atom. The summed E-state index contributed by atoms with van der Waals surface area (Å²) in [4.78, 5) is 15.7. The van der Waals surface area contributed by atoms with Gasteiger partial charge in [0, 0.05) is 12.3 Å². The van der Waals surface area contributed by atoms with Crippen LogP contribution in [0.3, 0.4) is 0 Å². The predicted octanol–water partition coefficient (Wildman–Crippen LogP) is 2.48. The van der Waals surface area contributed by atoms with Gasteiger partial charge in [0.2, 0.25) is 5.88 Å². The van der Waals surface area contributed by atoms with Crippen LogP contribution in [0.25, 0.3) is 0 Å². The van der Waals surface area contributed by atoms with Crippen LogP contribution in [0.5, 0.6) is 5.88 Å². The molecule has 5 heteroatoms. The number of benzene rings is 1. The van der Waals surface area contributed by atoms with E-state index in [9.17, 15) is 9.18 Å². The van der Waals surface area contributed by atoms with E-state index in [2.05, 4.69) is 10.3 Å². The molecule has 1 amide bonds. The van der Waals surface area contributed by atoms with Gasteiger partial charge in [-0.15, -0.1) is 0 Å². The third-order valence-corrected chi connectivity index (χ3v) is 2.33. The molecule has 1 aromatic heterocycles. The normalized spacial score (nSPS) is 9.89. The van der Waals surface area contributed by atoms with E-state index in [1.165, 1.54) is 25.4 Å². The van der Waals surface area contributed by atoms with Crippen molar-refractivity contribution in [2.45, 2.75) is 0 Å². The molecule has 2 rings (SSSR count). The van der Waals surface area contributed by atoms with Gasteiger partial charge in [0.05, 0.1) is 18.4 Å². The minimum absolute atomic E-state index is 0.137. The van der Waals surface area contributed by atoms with Crippen LogP contribution < -0.4 is 10.1 Å². The van der Waals surface area contributed by atoms with Crippen molar-refractivity contribution in [1.29, 1.82) is 0 Å². The molecule has 0 saturated carbocycles. The van der Waals surface area contributed by atoms with Gasteiger partial charge in [-0.25, -0.2) is 9.37 Å². The number of aromatic nitrogens is 1. The van der Waals surface area contributed by atoms with E-state index in [0.717, 1.165) is 0 Å². The van der Waals surface area contributed by atoms with Crippen LogP contribution in [-0.4, -0.2) is 18.0 Å². The zero-order valence-corrected chi connectivity index (χ0v) is 9.68. The van der Waals surface area contributed by atoms with Crippen molar-refractivity contribution < 1.29 is 13.9 Å². The summed E-state index contributed by atoms with van der Waals surface area (Å²) < 4.78 is 18.2. The number of carbonyl (C=O) groups is 1. The minimum atomic E-state index is -0.479. The molecule has 0 spiro atoms. The molecule has 0 aliphatic heterocycles. The maximum atomic E-state index is 13.3. The number of para-hydroxylation sites is 1. The Morgan fingerprint density at radius 2 is 2.06 bits per heavy atom. The van der Waals surface area contributed by atoms with E-state index < -0.39 is 11.7 Å². The van der Waals surface area contributed by atoms with Crippen molar-refractivity contribution in [3.63, 3.8) is 0 Å². The van der Waals surface area contributed by atoms with E-state index in [0.29, 0.717) is 11.4 Å².